The second-order valence-corrected chi connectivity index (χ2v) is 7.37. The van der Waals surface area contributed by atoms with Crippen LogP contribution in [0.4, 0.5) is 5.69 Å². The van der Waals surface area contributed by atoms with Gasteiger partial charge in [-0.15, -0.1) is 10.2 Å². The Hall–Kier alpha value is -3.73. The van der Waals surface area contributed by atoms with Crippen molar-refractivity contribution in [3.8, 4) is 11.5 Å². The number of hydrogen-bond acceptors (Lipinski definition) is 8. The summed E-state index contributed by atoms with van der Waals surface area (Å²) in [5, 5.41) is 11.0. The molecule has 1 aliphatic rings. The van der Waals surface area contributed by atoms with E-state index in [2.05, 4.69) is 25.5 Å². The number of rotatable bonds is 5. The number of nitrogens with zero attached hydrogens (tertiary/aromatic N) is 2. The van der Waals surface area contributed by atoms with Gasteiger partial charge in [0.1, 0.15) is 6.61 Å². The van der Waals surface area contributed by atoms with E-state index in [1.54, 1.807) is 24.3 Å². The summed E-state index contributed by atoms with van der Waals surface area (Å²) in [5.74, 6) is 1.40. The summed E-state index contributed by atoms with van der Waals surface area (Å²) in [4.78, 5) is 28.8. The monoisotopic (exact) mass is 425 g/mol. The average molecular weight is 425 g/mol. The number of amides is 1. The minimum Gasteiger partial charge on any atom is -0.485 e. The highest BCUT2D eigenvalue weighted by molar-refractivity contribution is 7.99. The summed E-state index contributed by atoms with van der Waals surface area (Å²) in [6.45, 7) is 0.257. The number of carbonyl (C=O) groups excluding carboxylic acids is 1. The molecule has 0 fully saturated rings. The van der Waals surface area contributed by atoms with Gasteiger partial charge in [0.25, 0.3) is 11.1 Å². The summed E-state index contributed by atoms with van der Waals surface area (Å²) in [7, 11) is 0. The molecule has 3 heterocycles. The summed E-state index contributed by atoms with van der Waals surface area (Å²) >= 11 is 1.11. The molecule has 11 heteroatoms. The number of aromatic nitrogens is 4. The van der Waals surface area contributed by atoms with Crippen LogP contribution in [0, 0.1) is 0 Å². The van der Waals surface area contributed by atoms with E-state index < -0.39 is 6.10 Å². The van der Waals surface area contributed by atoms with E-state index in [1.807, 2.05) is 18.2 Å². The first-order chi connectivity index (χ1) is 14.6. The molecule has 4 aromatic rings. The molecule has 2 aromatic heterocycles. The Labute approximate surface area is 173 Å². The number of para-hydroxylation sites is 2. The standard InChI is InChI=1S/C19H15N5O5S/c25-16(20-10-5-6-11-12(7-10)22-18(26)21-11)9-30-19-24-23-17(29-19)15-8-27-13-3-1-2-4-14(13)28-15/h1-7,15H,8-9H2,(H,20,25)(H2,21,22,26). The van der Waals surface area contributed by atoms with Crippen molar-refractivity contribution in [3.63, 3.8) is 0 Å². The van der Waals surface area contributed by atoms with Gasteiger partial charge in [0.15, 0.2) is 11.5 Å². The van der Waals surface area contributed by atoms with Crippen LogP contribution >= 0.6 is 11.8 Å². The van der Waals surface area contributed by atoms with Gasteiger partial charge < -0.3 is 29.2 Å². The van der Waals surface area contributed by atoms with E-state index in [0.29, 0.717) is 28.2 Å². The number of nitrogens with one attached hydrogen (secondary N) is 3. The molecule has 0 aliphatic carbocycles. The maximum atomic E-state index is 12.2. The Morgan fingerprint density at radius 3 is 2.87 bits per heavy atom. The first-order valence-corrected chi connectivity index (χ1v) is 9.99. The van der Waals surface area contributed by atoms with Crippen LogP contribution in [-0.2, 0) is 4.79 Å². The van der Waals surface area contributed by atoms with Gasteiger partial charge in [0, 0.05) is 5.69 Å². The molecule has 152 valence electrons. The van der Waals surface area contributed by atoms with Crippen LogP contribution < -0.4 is 20.5 Å². The number of benzene rings is 2. The Kier molecular flexibility index (Phi) is 4.64. The van der Waals surface area contributed by atoms with E-state index in [9.17, 15) is 9.59 Å². The van der Waals surface area contributed by atoms with Crippen LogP contribution in [0.15, 0.2) is 56.9 Å². The van der Waals surface area contributed by atoms with Gasteiger partial charge in [0.2, 0.25) is 12.0 Å². The lowest BCUT2D eigenvalue weighted by atomic mass is 10.2. The molecular formula is C19H15N5O5S. The Balaban J connectivity index is 1.18. The molecule has 1 aliphatic heterocycles. The van der Waals surface area contributed by atoms with Crippen LogP contribution in [0.3, 0.4) is 0 Å². The SMILES string of the molecule is O=C(CSc1nnc(C2COc3ccccc3O2)o1)Nc1ccc2[nH]c(=O)[nH]c2c1. The molecule has 0 radical (unpaired) electrons. The van der Waals surface area contributed by atoms with Crippen molar-refractivity contribution in [3.05, 3.63) is 58.8 Å². The molecule has 1 atom stereocenters. The lowest BCUT2D eigenvalue weighted by molar-refractivity contribution is -0.113. The second kappa shape index (κ2) is 7.59. The van der Waals surface area contributed by atoms with Crippen LogP contribution in [0.1, 0.15) is 12.0 Å². The quantitative estimate of drug-likeness (QED) is 0.415. The molecule has 0 spiro atoms. The zero-order valence-corrected chi connectivity index (χ0v) is 16.2. The largest absolute Gasteiger partial charge is 0.485 e. The van der Waals surface area contributed by atoms with Crippen molar-refractivity contribution < 1.29 is 18.7 Å². The molecule has 2 aromatic carbocycles. The van der Waals surface area contributed by atoms with Gasteiger partial charge in [0.05, 0.1) is 16.8 Å². The van der Waals surface area contributed by atoms with Crippen LogP contribution in [0.2, 0.25) is 0 Å². The summed E-state index contributed by atoms with van der Waals surface area (Å²) in [6.07, 6.45) is -0.509. The predicted molar refractivity (Wildman–Crippen MR) is 108 cm³/mol. The lowest BCUT2D eigenvalue weighted by Gasteiger charge is -2.23. The highest BCUT2D eigenvalue weighted by Crippen LogP contribution is 2.35. The zero-order valence-electron chi connectivity index (χ0n) is 15.4. The Bertz CT molecular complexity index is 1280. The lowest BCUT2D eigenvalue weighted by Crippen LogP contribution is -2.21. The normalized spacial score (nSPS) is 15.3. The van der Waals surface area contributed by atoms with E-state index in [4.69, 9.17) is 13.9 Å². The van der Waals surface area contributed by atoms with E-state index in [0.717, 1.165) is 11.8 Å². The van der Waals surface area contributed by atoms with Gasteiger partial charge in [-0.05, 0) is 30.3 Å². The number of fused-ring (bicyclic) bond motifs is 2. The molecule has 5 rings (SSSR count). The van der Waals surface area contributed by atoms with E-state index in [-0.39, 0.29) is 35.1 Å². The molecule has 0 saturated heterocycles. The summed E-state index contributed by atoms with van der Waals surface area (Å²) in [6, 6.07) is 12.4. The summed E-state index contributed by atoms with van der Waals surface area (Å²) in [5.41, 5.74) is 1.55. The zero-order chi connectivity index (χ0) is 20.5. The number of hydrogen-bond donors (Lipinski definition) is 3. The number of carbonyl (C=O) groups is 1. The molecule has 1 unspecified atom stereocenters. The first-order valence-electron chi connectivity index (χ1n) is 9.00. The smallest absolute Gasteiger partial charge is 0.323 e. The van der Waals surface area contributed by atoms with Crippen molar-refractivity contribution >= 4 is 34.4 Å². The minimum atomic E-state index is -0.509. The van der Waals surface area contributed by atoms with Crippen molar-refractivity contribution in [1.82, 2.24) is 20.2 Å². The number of H-pyrrole nitrogens is 2. The number of aromatic amines is 2. The third-order valence-electron chi connectivity index (χ3n) is 4.33. The predicted octanol–water partition coefficient (Wildman–Crippen LogP) is 2.48. The van der Waals surface area contributed by atoms with Crippen LogP contribution in [0.5, 0.6) is 11.5 Å². The third-order valence-corrected chi connectivity index (χ3v) is 5.15. The Morgan fingerprint density at radius 1 is 1.13 bits per heavy atom. The van der Waals surface area contributed by atoms with Crippen molar-refractivity contribution in [1.29, 1.82) is 0 Å². The number of anilines is 1. The van der Waals surface area contributed by atoms with Crippen molar-refractivity contribution in [2.24, 2.45) is 0 Å². The number of imidazole rings is 1. The molecular weight excluding hydrogens is 410 g/mol. The van der Waals surface area contributed by atoms with Crippen molar-refractivity contribution in [2.45, 2.75) is 11.3 Å². The highest BCUT2D eigenvalue weighted by Gasteiger charge is 2.27. The molecule has 3 N–H and O–H groups in total. The fourth-order valence-corrected chi connectivity index (χ4v) is 3.55. The number of thioether (sulfide) groups is 1. The van der Waals surface area contributed by atoms with Gasteiger partial charge in [-0.2, -0.15) is 0 Å². The minimum absolute atomic E-state index is 0.0776. The van der Waals surface area contributed by atoms with Gasteiger partial charge in [-0.25, -0.2) is 4.79 Å². The van der Waals surface area contributed by atoms with Crippen molar-refractivity contribution in [2.75, 3.05) is 17.7 Å². The molecule has 0 bridgehead atoms. The van der Waals surface area contributed by atoms with E-state index in [1.165, 1.54) is 0 Å². The van der Waals surface area contributed by atoms with Crippen LogP contribution in [-0.4, -0.2) is 38.4 Å². The summed E-state index contributed by atoms with van der Waals surface area (Å²) < 4.78 is 17.1. The van der Waals surface area contributed by atoms with Gasteiger partial charge in [-0.1, -0.05) is 23.9 Å². The first kappa shape index (κ1) is 18.3. The van der Waals surface area contributed by atoms with E-state index >= 15 is 0 Å². The topological polar surface area (TPSA) is 135 Å². The fraction of sp³-hybridized carbons (Fsp3) is 0.158. The molecule has 30 heavy (non-hydrogen) atoms. The molecule has 1 amide bonds. The number of ether oxygens (including phenoxy) is 2. The molecule has 0 saturated carbocycles. The van der Waals surface area contributed by atoms with Gasteiger partial charge >= 0.3 is 5.69 Å². The maximum Gasteiger partial charge on any atom is 0.323 e. The third kappa shape index (κ3) is 3.74. The van der Waals surface area contributed by atoms with Gasteiger partial charge in [-0.3, -0.25) is 4.79 Å². The Morgan fingerprint density at radius 2 is 1.97 bits per heavy atom. The molecule has 10 nitrogen and oxygen atoms in total. The highest BCUT2D eigenvalue weighted by atomic mass is 32.2. The maximum absolute atomic E-state index is 12.2. The van der Waals surface area contributed by atoms with Crippen LogP contribution in [0.25, 0.3) is 11.0 Å². The average Bonchev–Trinajstić information content (AvgIpc) is 3.37. The fourth-order valence-electron chi connectivity index (χ4n) is 2.98. The second-order valence-electron chi connectivity index (χ2n) is 6.45.